The molecule has 128 valence electrons. The Balaban J connectivity index is 1.71. The fourth-order valence-corrected chi connectivity index (χ4v) is 3.22. The lowest BCUT2D eigenvalue weighted by Gasteiger charge is -2.41. The number of piperidine rings is 1. The van der Waals surface area contributed by atoms with Crippen LogP contribution in [0.4, 0.5) is 0 Å². The number of aliphatic hydroxyl groups excluding tert-OH is 1. The van der Waals surface area contributed by atoms with E-state index >= 15 is 0 Å². The van der Waals surface area contributed by atoms with Crippen molar-refractivity contribution in [3.05, 3.63) is 29.8 Å². The van der Waals surface area contributed by atoms with Crippen molar-refractivity contribution in [2.45, 2.75) is 32.6 Å². The molecule has 0 radical (unpaired) electrons. The SMILES string of the molecule is CC[C@@]1(CO)CCCN(CCCOc2ccc(C(N)=O)cc2)C1. The fraction of sp³-hybridized carbons (Fsp3) is 0.611. The van der Waals surface area contributed by atoms with Gasteiger partial charge in [-0.05, 0) is 56.5 Å². The molecular weight excluding hydrogens is 292 g/mol. The Kier molecular flexibility index (Phi) is 6.42. The molecule has 1 aromatic carbocycles. The predicted octanol–water partition coefficient (Wildman–Crippen LogP) is 2.04. The van der Waals surface area contributed by atoms with E-state index in [9.17, 15) is 9.90 Å². The van der Waals surface area contributed by atoms with Crippen LogP contribution in [0.5, 0.6) is 5.75 Å². The zero-order valence-corrected chi connectivity index (χ0v) is 14.0. The fourth-order valence-electron chi connectivity index (χ4n) is 3.22. The van der Waals surface area contributed by atoms with E-state index in [4.69, 9.17) is 10.5 Å². The van der Waals surface area contributed by atoms with Crippen molar-refractivity contribution in [1.29, 1.82) is 0 Å². The maximum atomic E-state index is 11.0. The number of carbonyl (C=O) groups excluding carboxylic acids is 1. The lowest BCUT2D eigenvalue weighted by Crippen LogP contribution is -2.45. The van der Waals surface area contributed by atoms with E-state index in [-0.39, 0.29) is 12.0 Å². The van der Waals surface area contributed by atoms with Crippen molar-refractivity contribution in [1.82, 2.24) is 4.90 Å². The molecule has 3 N–H and O–H groups in total. The lowest BCUT2D eigenvalue weighted by atomic mass is 9.78. The number of rotatable bonds is 8. The number of hydrogen-bond acceptors (Lipinski definition) is 4. The lowest BCUT2D eigenvalue weighted by molar-refractivity contribution is 0.0274. The van der Waals surface area contributed by atoms with Crippen LogP contribution < -0.4 is 10.5 Å². The maximum absolute atomic E-state index is 11.0. The Morgan fingerprint density at radius 3 is 2.74 bits per heavy atom. The number of carbonyl (C=O) groups is 1. The van der Waals surface area contributed by atoms with Crippen molar-refractivity contribution in [2.24, 2.45) is 11.1 Å². The second-order valence-corrected chi connectivity index (χ2v) is 6.48. The molecular formula is C18H28N2O3. The predicted molar refractivity (Wildman–Crippen MR) is 90.6 cm³/mol. The quantitative estimate of drug-likeness (QED) is 0.719. The van der Waals surface area contributed by atoms with Crippen LogP contribution in [0.15, 0.2) is 24.3 Å². The average molecular weight is 320 g/mol. The van der Waals surface area contributed by atoms with E-state index < -0.39 is 5.91 Å². The summed E-state index contributed by atoms with van der Waals surface area (Å²) in [7, 11) is 0. The minimum Gasteiger partial charge on any atom is -0.494 e. The zero-order chi connectivity index (χ0) is 16.7. The first-order valence-corrected chi connectivity index (χ1v) is 8.44. The highest BCUT2D eigenvalue weighted by Gasteiger charge is 2.32. The van der Waals surface area contributed by atoms with Gasteiger partial charge in [-0.2, -0.15) is 0 Å². The van der Waals surface area contributed by atoms with Gasteiger partial charge in [0.15, 0.2) is 0 Å². The number of ether oxygens (including phenoxy) is 1. The monoisotopic (exact) mass is 320 g/mol. The Hall–Kier alpha value is -1.59. The molecule has 0 unspecified atom stereocenters. The summed E-state index contributed by atoms with van der Waals surface area (Å²) in [6.07, 6.45) is 4.26. The summed E-state index contributed by atoms with van der Waals surface area (Å²) in [4.78, 5) is 13.4. The third-order valence-electron chi connectivity index (χ3n) is 4.85. The van der Waals surface area contributed by atoms with Crippen LogP contribution in [0.1, 0.15) is 43.0 Å². The number of benzene rings is 1. The van der Waals surface area contributed by atoms with E-state index in [2.05, 4.69) is 11.8 Å². The van der Waals surface area contributed by atoms with E-state index in [0.29, 0.717) is 12.2 Å². The smallest absolute Gasteiger partial charge is 0.248 e. The van der Waals surface area contributed by atoms with Gasteiger partial charge >= 0.3 is 0 Å². The van der Waals surface area contributed by atoms with Crippen LogP contribution in [0, 0.1) is 5.41 Å². The van der Waals surface area contributed by atoms with Crippen LogP contribution in [0.25, 0.3) is 0 Å². The number of likely N-dealkylation sites (tertiary alicyclic amines) is 1. The highest BCUT2D eigenvalue weighted by molar-refractivity contribution is 5.92. The number of nitrogens with zero attached hydrogens (tertiary/aromatic N) is 1. The number of hydrogen-bond donors (Lipinski definition) is 2. The molecule has 0 aromatic heterocycles. The van der Waals surface area contributed by atoms with Gasteiger partial charge in [0.25, 0.3) is 0 Å². The normalized spacial score (nSPS) is 22.0. The summed E-state index contributed by atoms with van der Waals surface area (Å²) >= 11 is 0. The van der Waals surface area contributed by atoms with E-state index in [1.165, 1.54) is 0 Å². The van der Waals surface area contributed by atoms with Crippen LogP contribution in [0.3, 0.4) is 0 Å². The molecule has 1 saturated heterocycles. The minimum atomic E-state index is -0.426. The van der Waals surface area contributed by atoms with Gasteiger partial charge in [-0.25, -0.2) is 0 Å². The molecule has 1 aliphatic heterocycles. The first-order valence-electron chi connectivity index (χ1n) is 8.44. The molecule has 5 heteroatoms. The van der Waals surface area contributed by atoms with E-state index in [1.807, 2.05) is 0 Å². The van der Waals surface area contributed by atoms with Crippen LogP contribution in [-0.2, 0) is 0 Å². The third-order valence-corrected chi connectivity index (χ3v) is 4.85. The Morgan fingerprint density at radius 2 is 2.13 bits per heavy atom. The van der Waals surface area contributed by atoms with Crippen molar-refractivity contribution in [3.63, 3.8) is 0 Å². The molecule has 1 aromatic rings. The second kappa shape index (κ2) is 8.31. The molecule has 0 saturated carbocycles. The van der Waals surface area contributed by atoms with Gasteiger partial charge in [-0.3, -0.25) is 4.79 Å². The Bertz CT molecular complexity index is 497. The largest absolute Gasteiger partial charge is 0.494 e. The van der Waals surface area contributed by atoms with Gasteiger partial charge in [0.05, 0.1) is 6.61 Å². The number of amides is 1. The van der Waals surface area contributed by atoms with Gasteiger partial charge in [-0.15, -0.1) is 0 Å². The zero-order valence-electron chi connectivity index (χ0n) is 14.0. The molecule has 1 amide bonds. The van der Waals surface area contributed by atoms with E-state index in [0.717, 1.165) is 51.1 Å². The molecule has 1 fully saturated rings. The number of nitrogens with two attached hydrogens (primary N) is 1. The first-order chi connectivity index (χ1) is 11.1. The van der Waals surface area contributed by atoms with Crippen molar-refractivity contribution < 1.29 is 14.6 Å². The molecule has 0 aliphatic carbocycles. The van der Waals surface area contributed by atoms with Crippen molar-refractivity contribution >= 4 is 5.91 Å². The summed E-state index contributed by atoms with van der Waals surface area (Å²) in [6, 6.07) is 6.90. The Morgan fingerprint density at radius 1 is 1.39 bits per heavy atom. The molecule has 1 atom stereocenters. The van der Waals surface area contributed by atoms with Gasteiger partial charge in [0.2, 0.25) is 5.91 Å². The summed E-state index contributed by atoms with van der Waals surface area (Å²) in [5, 5.41) is 9.66. The molecule has 1 heterocycles. The van der Waals surface area contributed by atoms with Gasteiger partial charge in [0, 0.05) is 30.7 Å². The Labute approximate surface area is 138 Å². The molecule has 5 nitrogen and oxygen atoms in total. The molecule has 0 bridgehead atoms. The number of aliphatic hydroxyl groups is 1. The van der Waals surface area contributed by atoms with Gasteiger partial charge in [-0.1, -0.05) is 6.92 Å². The van der Waals surface area contributed by atoms with Gasteiger partial charge < -0.3 is 20.5 Å². The number of primary amides is 1. The summed E-state index contributed by atoms with van der Waals surface area (Å²) < 4.78 is 5.71. The third kappa shape index (κ3) is 4.94. The highest BCUT2D eigenvalue weighted by atomic mass is 16.5. The molecule has 23 heavy (non-hydrogen) atoms. The summed E-state index contributed by atoms with van der Waals surface area (Å²) in [5.41, 5.74) is 5.79. The molecule has 2 rings (SSSR count). The molecule has 0 spiro atoms. The molecule has 1 aliphatic rings. The van der Waals surface area contributed by atoms with E-state index in [1.54, 1.807) is 24.3 Å². The van der Waals surface area contributed by atoms with Gasteiger partial charge in [0.1, 0.15) is 5.75 Å². The van der Waals surface area contributed by atoms with Crippen LogP contribution >= 0.6 is 0 Å². The summed E-state index contributed by atoms with van der Waals surface area (Å²) in [6.45, 7) is 6.16. The topological polar surface area (TPSA) is 75.8 Å². The standard InChI is InChI=1S/C18H28N2O3/c1-2-18(14-21)9-3-10-20(13-18)11-4-12-23-16-7-5-15(6-8-16)17(19)22/h5-8,21H,2-4,9-14H2,1H3,(H2,19,22)/t18-/m1/s1. The van der Waals surface area contributed by atoms with Crippen LogP contribution in [-0.4, -0.2) is 48.8 Å². The van der Waals surface area contributed by atoms with Crippen LogP contribution in [0.2, 0.25) is 0 Å². The first kappa shape index (κ1) is 17.8. The van der Waals surface area contributed by atoms with Crippen molar-refractivity contribution in [2.75, 3.05) is 32.8 Å². The highest BCUT2D eigenvalue weighted by Crippen LogP contribution is 2.32. The maximum Gasteiger partial charge on any atom is 0.248 e. The average Bonchev–Trinajstić information content (AvgIpc) is 2.59. The minimum absolute atomic E-state index is 0.0870. The summed E-state index contributed by atoms with van der Waals surface area (Å²) in [5.74, 6) is 0.330. The van der Waals surface area contributed by atoms with Crippen molar-refractivity contribution in [3.8, 4) is 5.75 Å². The second-order valence-electron chi connectivity index (χ2n) is 6.48.